The number of rotatable bonds is 6. The summed E-state index contributed by atoms with van der Waals surface area (Å²) in [7, 11) is 0. The van der Waals surface area contributed by atoms with E-state index >= 15 is 0 Å². The summed E-state index contributed by atoms with van der Waals surface area (Å²) in [5.41, 5.74) is 9.80. The van der Waals surface area contributed by atoms with Gasteiger partial charge in [-0.1, -0.05) is 37.3 Å². The SMILES string of the molecule is CCc1cccc(C)c1NNC(=O)c1ccc(CNC(=O)OC(C)(C)C)cc1. The second kappa shape index (κ2) is 9.26. The molecule has 0 bridgehead atoms. The van der Waals surface area contributed by atoms with Crippen molar-refractivity contribution in [2.24, 2.45) is 0 Å². The fraction of sp³-hybridized carbons (Fsp3) is 0.364. The van der Waals surface area contributed by atoms with E-state index in [1.54, 1.807) is 24.3 Å². The number of hydrogen-bond donors (Lipinski definition) is 3. The van der Waals surface area contributed by atoms with E-state index in [9.17, 15) is 9.59 Å². The van der Waals surface area contributed by atoms with Crippen LogP contribution in [0.3, 0.4) is 0 Å². The van der Waals surface area contributed by atoms with Gasteiger partial charge in [0, 0.05) is 12.1 Å². The zero-order valence-electron chi connectivity index (χ0n) is 17.2. The van der Waals surface area contributed by atoms with Gasteiger partial charge in [-0.2, -0.15) is 0 Å². The number of benzene rings is 2. The van der Waals surface area contributed by atoms with Gasteiger partial charge < -0.3 is 10.1 Å². The molecule has 0 unspecified atom stereocenters. The first kappa shape index (κ1) is 21.3. The summed E-state index contributed by atoms with van der Waals surface area (Å²) in [6.45, 7) is 9.85. The van der Waals surface area contributed by atoms with E-state index in [1.807, 2.05) is 45.9 Å². The quantitative estimate of drug-likeness (QED) is 0.649. The van der Waals surface area contributed by atoms with Crippen LogP contribution < -0.4 is 16.2 Å². The number of ether oxygens (including phenoxy) is 1. The molecule has 0 saturated heterocycles. The smallest absolute Gasteiger partial charge is 0.407 e. The van der Waals surface area contributed by atoms with Crippen LogP contribution in [0.15, 0.2) is 42.5 Å². The van der Waals surface area contributed by atoms with E-state index in [0.717, 1.165) is 28.8 Å². The van der Waals surface area contributed by atoms with Crippen molar-refractivity contribution in [1.29, 1.82) is 0 Å². The number of nitrogens with one attached hydrogen (secondary N) is 3. The molecule has 0 aliphatic rings. The van der Waals surface area contributed by atoms with Gasteiger partial charge in [0.2, 0.25) is 0 Å². The second-order valence-electron chi connectivity index (χ2n) is 7.59. The Morgan fingerprint density at radius 3 is 2.32 bits per heavy atom. The molecule has 0 radical (unpaired) electrons. The number of anilines is 1. The molecule has 0 spiro atoms. The van der Waals surface area contributed by atoms with Crippen LogP contribution in [0, 0.1) is 6.92 Å². The molecular formula is C22H29N3O3. The molecule has 0 fully saturated rings. The number of carbonyl (C=O) groups is 2. The van der Waals surface area contributed by atoms with Crippen molar-refractivity contribution in [2.75, 3.05) is 5.43 Å². The molecule has 28 heavy (non-hydrogen) atoms. The van der Waals surface area contributed by atoms with Crippen molar-refractivity contribution >= 4 is 17.7 Å². The molecule has 2 amide bonds. The predicted octanol–water partition coefficient (Wildman–Crippen LogP) is 4.34. The van der Waals surface area contributed by atoms with Crippen LogP contribution in [0.1, 0.15) is 54.7 Å². The predicted molar refractivity (Wildman–Crippen MR) is 111 cm³/mol. The molecule has 0 heterocycles. The van der Waals surface area contributed by atoms with Crippen LogP contribution in [0.25, 0.3) is 0 Å². The number of hydrazine groups is 1. The van der Waals surface area contributed by atoms with Crippen molar-refractivity contribution in [3.8, 4) is 0 Å². The van der Waals surface area contributed by atoms with E-state index in [-0.39, 0.29) is 5.91 Å². The normalized spacial score (nSPS) is 10.9. The van der Waals surface area contributed by atoms with Crippen molar-refractivity contribution in [1.82, 2.24) is 10.7 Å². The highest BCUT2D eigenvalue weighted by molar-refractivity contribution is 5.95. The first-order chi connectivity index (χ1) is 13.2. The molecule has 0 atom stereocenters. The van der Waals surface area contributed by atoms with Crippen LogP contribution in [0.2, 0.25) is 0 Å². The molecule has 6 nitrogen and oxygen atoms in total. The summed E-state index contributed by atoms with van der Waals surface area (Å²) in [5, 5.41) is 2.70. The molecule has 2 aromatic carbocycles. The Bertz CT molecular complexity index is 824. The molecule has 0 aromatic heterocycles. The number of alkyl carbamates (subject to hydrolysis) is 1. The highest BCUT2D eigenvalue weighted by Gasteiger charge is 2.15. The lowest BCUT2D eigenvalue weighted by atomic mass is 10.1. The Hall–Kier alpha value is -3.02. The average molecular weight is 383 g/mol. The first-order valence-electron chi connectivity index (χ1n) is 9.40. The average Bonchev–Trinajstić information content (AvgIpc) is 2.64. The van der Waals surface area contributed by atoms with Gasteiger partial charge in [0.25, 0.3) is 5.91 Å². The van der Waals surface area contributed by atoms with Crippen molar-refractivity contribution in [3.05, 3.63) is 64.7 Å². The number of hydrogen-bond acceptors (Lipinski definition) is 4. The minimum Gasteiger partial charge on any atom is -0.444 e. The second-order valence-corrected chi connectivity index (χ2v) is 7.59. The highest BCUT2D eigenvalue weighted by atomic mass is 16.6. The van der Waals surface area contributed by atoms with Gasteiger partial charge in [-0.3, -0.25) is 15.6 Å². The molecule has 2 aromatic rings. The van der Waals surface area contributed by atoms with Gasteiger partial charge in [-0.15, -0.1) is 0 Å². The third kappa shape index (κ3) is 6.30. The van der Waals surface area contributed by atoms with Crippen molar-refractivity contribution in [3.63, 3.8) is 0 Å². The minimum atomic E-state index is -0.534. The topological polar surface area (TPSA) is 79.5 Å². The summed E-state index contributed by atoms with van der Waals surface area (Å²) in [6, 6.07) is 13.1. The maximum Gasteiger partial charge on any atom is 0.407 e. The van der Waals surface area contributed by atoms with Gasteiger partial charge >= 0.3 is 6.09 Å². The van der Waals surface area contributed by atoms with Crippen LogP contribution >= 0.6 is 0 Å². The monoisotopic (exact) mass is 383 g/mol. The molecular weight excluding hydrogens is 354 g/mol. The molecule has 150 valence electrons. The Kier molecular flexibility index (Phi) is 7.04. The summed E-state index contributed by atoms with van der Waals surface area (Å²) in [4.78, 5) is 24.1. The maximum atomic E-state index is 12.4. The summed E-state index contributed by atoms with van der Waals surface area (Å²) in [6.07, 6.45) is 0.405. The lowest BCUT2D eigenvalue weighted by molar-refractivity contribution is 0.0523. The van der Waals surface area contributed by atoms with E-state index < -0.39 is 11.7 Å². The van der Waals surface area contributed by atoms with E-state index in [4.69, 9.17) is 4.74 Å². The molecule has 2 rings (SSSR count). The minimum absolute atomic E-state index is 0.225. The van der Waals surface area contributed by atoms with Gasteiger partial charge in [0.05, 0.1) is 5.69 Å². The fourth-order valence-corrected chi connectivity index (χ4v) is 2.66. The van der Waals surface area contributed by atoms with Crippen LogP contribution in [-0.2, 0) is 17.7 Å². The Morgan fingerprint density at radius 1 is 1.04 bits per heavy atom. The van der Waals surface area contributed by atoms with Gasteiger partial charge in [-0.25, -0.2) is 4.79 Å². The van der Waals surface area contributed by atoms with Gasteiger partial charge in [0.1, 0.15) is 5.60 Å². The first-order valence-corrected chi connectivity index (χ1v) is 9.40. The largest absolute Gasteiger partial charge is 0.444 e. The summed E-state index contributed by atoms with van der Waals surface area (Å²) >= 11 is 0. The number of amides is 2. The number of carbonyl (C=O) groups excluding carboxylic acids is 2. The highest BCUT2D eigenvalue weighted by Crippen LogP contribution is 2.20. The Balaban J connectivity index is 1.91. The van der Waals surface area contributed by atoms with Crippen molar-refractivity contribution in [2.45, 2.75) is 53.2 Å². The number of para-hydroxylation sites is 1. The maximum absolute atomic E-state index is 12.4. The Labute approximate surface area is 166 Å². The van der Waals surface area contributed by atoms with Crippen LogP contribution in [0.4, 0.5) is 10.5 Å². The van der Waals surface area contributed by atoms with Gasteiger partial charge in [-0.05, 0) is 62.9 Å². The zero-order chi connectivity index (χ0) is 20.7. The molecule has 6 heteroatoms. The summed E-state index contributed by atoms with van der Waals surface area (Å²) < 4.78 is 5.20. The lowest BCUT2D eigenvalue weighted by Crippen LogP contribution is -2.32. The van der Waals surface area contributed by atoms with E-state index in [0.29, 0.717) is 12.1 Å². The zero-order valence-corrected chi connectivity index (χ0v) is 17.2. The fourth-order valence-electron chi connectivity index (χ4n) is 2.66. The summed E-state index contributed by atoms with van der Waals surface area (Å²) in [5.74, 6) is -0.225. The van der Waals surface area contributed by atoms with Crippen LogP contribution in [0.5, 0.6) is 0 Å². The molecule has 0 aliphatic carbocycles. The van der Waals surface area contributed by atoms with Crippen molar-refractivity contribution < 1.29 is 14.3 Å². The van der Waals surface area contributed by atoms with E-state index in [1.165, 1.54) is 0 Å². The lowest BCUT2D eigenvalue weighted by Gasteiger charge is -2.19. The van der Waals surface area contributed by atoms with E-state index in [2.05, 4.69) is 23.1 Å². The van der Waals surface area contributed by atoms with Gasteiger partial charge in [0.15, 0.2) is 0 Å². The standard InChI is InChI=1S/C22H29N3O3/c1-6-17-9-7-8-15(2)19(17)24-25-20(26)18-12-10-16(11-13-18)14-23-21(27)28-22(3,4)5/h7-13,24H,6,14H2,1-5H3,(H,23,27)(H,25,26). The third-order valence-electron chi connectivity index (χ3n) is 4.09. The molecule has 0 aliphatic heterocycles. The molecule has 0 saturated carbocycles. The molecule has 3 N–H and O–H groups in total. The third-order valence-corrected chi connectivity index (χ3v) is 4.09. The van der Waals surface area contributed by atoms with Crippen LogP contribution in [-0.4, -0.2) is 17.6 Å². The number of aryl methyl sites for hydroxylation is 2. The Morgan fingerprint density at radius 2 is 1.71 bits per heavy atom.